The lowest BCUT2D eigenvalue weighted by atomic mass is 9.87. The van der Waals surface area contributed by atoms with Crippen LogP contribution in [0, 0.1) is 23.1 Å². The van der Waals surface area contributed by atoms with E-state index < -0.39 is 18.1 Å². The average Bonchev–Trinajstić information content (AvgIpc) is 3.47. The molecule has 0 amide bonds. The Balaban J connectivity index is 1.15. The highest BCUT2D eigenvalue weighted by Crippen LogP contribution is 2.61. The molecule has 1 unspecified atom stereocenters. The molecule has 1 aromatic carbocycles. The van der Waals surface area contributed by atoms with Crippen LogP contribution in [0.1, 0.15) is 41.5 Å². The van der Waals surface area contributed by atoms with Crippen LogP contribution in [0.2, 0.25) is 5.02 Å². The van der Waals surface area contributed by atoms with Crippen molar-refractivity contribution in [2.75, 3.05) is 31.2 Å². The van der Waals surface area contributed by atoms with Crippen LogP contribution in [-0.2, 0) is 9.47 Å². The molecule has 5 rings (SSSR count). The fourth-order valence-electron chi connectivity index (χ4n) is 4.97. The first-order valence-electron chi connectivity index (χ1n) is 10.4. The highest BCUT2D eigenvalue weighted by molar-refractivity contribution is 6.30. The van der Waals surface area contributed by atoms with Gasteiger partial charge in [-0.25, -0.2) is 19.2 Å². The monoisotopic (exact) mass is 447 g/mol. The Hall–Kier alpha value is -2.29. The van der Waals surface area contributed by atoms with Crippen LogP contribution in [0.15, 0.2) is 30.6 Å². The summed E-state index contributed by atoms with van der Waals surface area (Å²) in [7, 11) is 0. The van der Waals surface area contributed by atoms with E-state index >= 15 is 0 Å². The topological polar surface area (TPSA) is 84.8 Å². The van der Waals surface area contributed by atoms with Crippen LogP contribution in [0.5, 0.6) is 0 Å². The molecular weight excluding hydrogens is 425 g/mol. The first kappa shape index (κ1) is 20.6. The van der Waals surface area contributed by atoms with E-state index in [-0.39, 0.29) is 11.0 Å². The zero-order valence-corrected chi connectivity index (χ0v) is 17.6. The van der Waals surface area contributed by atoms with Crippen LogP contribution in [0.25, 0.3) is 0 Å². The molecule has 1 aliphatic carbocycles. The minimum absolute atomic E-state index is 0.0413. The maximum absolute atomic E-state index is 14.0. The lowest BCUT2D eigenvalue weighted by molar-refractivity contribution is -0.216. The third kappa shape index (κ3) is 4.00. The fourth-order valence-corrected chi connectivity index (χ4v) is 5.06. The van der Waals surface area contributed by atoms with Gasteiger partial charge in [-0.1, -0.05) is 17.7 Å². The molecule has 1 atom stereocenters. The third-order valence-electron chi connectivity index (χ3n) is 6.79. The van der Waals surface area contributed by atoms with E-state index in [2.05, 4.69) is 14.9 Å². The number of anilines is 1. The van der Waals surface area contributed by atoms with Crippen molar-refractivity contribution in [1.82, 2.24) is 9.97 Å². The van der Waals surface area contributed by atoms with Crippen LogP contribution in [0.4, 0.5) is 10.3 Å². The molecule has 164 valence electrons. The molecule has 1 saturated carbocycles. The number of ether oxygens (including phenoxy) is 2. The Labute approximate surface area is 184 Å². The number of nitrogens with zero attached hydrogens (tertiary/aromatic N) is 3. The molecule has 1 aromatic heterocycles. The molecule has 0 bridgehead atoms. The van der Waals surface area contributed by atoms with Gasteiger partial charge in [-0.2, -0.15) is 0 Å². The van der Waals surface area contributed by atoms with Crippen molar-refractivity contribution in [3.8, 4) is 0 Å². The predicted octanol–water partition coefficient (Wildman–Crippen LogP) is 3.94. The van der Waals surface area contributed by atoms with E-state index in [0.717, 1.165) is 38.3 Å². The van der Waals surface area contributed by atoms with E-state index in [4.69, 9.17) is 26.2 Å². The molecule has 3 aliphatic rings. The van der Waals surface area contributed by atoms with E-state index in [0.29, 0.717) is 35.6 Å². The normalized spacial score (nSPS) is 28.6. The van der Waals surface area contributed by atoms with Crippen molar-refractivity contribution in [3.05, 3.63) is 52.6 Å². The third-order valence-corrected chi connectivity index (χ3v) is 6.99. The summed E-state index contributed by atoms with van der Waals surface area (Å²) in [6.45, 7) is 2.98. The molecule has 3 heterocycles. The maximum atomic E-state index is 14.0. The number of aromatic nitrogens is 2. The summed E-state index contributed by atoms with van der Waals surface area (Å²) in [5.74, 6) is -0.171. The van der Waals surface area contributed by atoms with E-state index in [1.807, 2.05) is 0 Å². The molecule has 3 fully saturated rings. The number of carbonyl (C=O) groups is 1. The number of carboxylic acids is 1. The minimum Gasteiger partial charge on any atom is -0.478 e. The molecule has 9 heteroatoms. The number of rotatable bonds is 4. The largest absolute Gasteiger partial charge is 0.478 e. The molecule has 2 aromatic rings. The summed E-state index contributed by atoms with van der Waals surface area (Å²) >= 11 is 5.87. The standard InChI is InChI=1S/C22H23ClFN3O4/c23-15-9-25-21(26-10-15)27-5-3-13(4-6-27)17-8-22(17)11-30-20(31-12-22)14-1-2-16(19(28)29)18(24)7-14/h1-2,7,9-10,13,17,20H,3-6,8,11-12H2,(H,28,29). The van der Waals surface area contributed by atoms with E-state index in [1.54, 1.807) is 18.5 Å². The Morgan fingerprint density at radius 3 is 2.48 bits per heavy atom. The summed E-state index contributed by atoms with van der Waals surface area (Å²) < 4.78 is 25.9. The van der Waals surface area contributed by atoms with Crippen molar-refractivity contribution in [1.29, 1.82) is 0 Å². The van der Waals surface area contributed by atoms with Gasteiger partial charge in [0.05, 0.1) is 36.2 Å². The van der Waals surface area contributed by atoms with Crippen LogP contribution in [0.3, 0.4) is 0 Å². The predicted molar refractivity (Wildman–Crippen MR) is 111 cm³/mol. The molecule has 1 N–H and O–H groups in total. The van der Waals surface area contributed by atoms with Gasteiger partial charge in [-0.3, -0.25) is 0 Å². The minimum atomic E-state index is -1.29. The summed E-state index contributed by atoms with van der Waals surface area (Å²) in [6.07, 6.45) is 5.81. The second-order valence-corrected chi connectivity index (χ2v) is 9.13. The number of aromatic carboxylic acids is 1. The maximum Gasteiger partial charge on any atom is 0.338 e. The zero-order chi connectivity index (χ0) is 21.6. The smallest absolute Gasteiger partial charge is 0.338 e. The summed E-state index contributed by atoms with van der Waals surface area (Å²) in [5, 5.41) is 9.51. The summed E-state index contributed by atoms with van der Waals surface area (Å²) in [6, 6.07) is 3.99. The first-order chi connectivity index (χ1) is 14.9. The van der Waals surface area contributed by atoms with Crippen LogP contribution in [-0.4, -0.2) is 47.3 Å². The lowest BCUT2D eigenvalue weighted by Crippen LogP contribution is -2.37. The number of hydrogen-bond acceptors (Lipinski definition) is 6. The first-order valence-corrected chi connectivity index (χ1v) is 10.8. The molecule has 0 radical (unpaired) electrons. The highest BCUT2D eigenvalue weighted by Gasteiger charge is 2.59. The second-order valence-electron chi connectivity index (χ2n) is 8.70. The number of carboxylic acid groups (broad SMARTS) is 1. The van der Waals surface area contributed by atoms with Gasteiger partial charge >= 0.3 is 5.97 Å². The van der Waals surface area contributed by atoms with Crippen molar-refractivity contribution in [2.45, 2.75) is 25.6 Å². The van der Waals surface area contributed by atoms with E-state index in [1.165, 1.54) is 12.1 Å². The molecule has 2 aliphatic heterocycles. The fraction of sp³-hybridized carbons (Fsp3) is 0.500. The Morgan fingerprint density at radius 2 is 1.87 bits per heavy atom. The van der Waals surface area contributed by atoms with Crippen molar-refractivity contribution in [2.24, 2.45) is 17.3 Å². The van der Waals surface area contributed by atoms with Crippen molar-refractivity contribution in [3.63, 3.8) is 0 Å². The summed E-state index contributed by atoms with van der Waals surface area (Å²) in [5.41, 5.74) is 0.194. The number of hydrogen-bond donors (Lipinski definition) is 1. The van der Waals surface area contributed by atoms with Gasteiger partial charge in [0.2, 0.25) is 5.95 Å². The molecule has 1 spiro atoms. The van der Waals surface area contributed by atoms with Crippen LogP contribution >= 0.6 is 11.6 Å². The number of halogens is 2. The van der Waals surface area contributed by atoms with Gasteiger partial charge in [0.15, 0.2) is 6.29 Å². The Bertz CT molecular complexity index is 973. The average molecular weight is 448 g/mol. The van der Waals surface area contributed by atoms with Crippen LogP contribution < -0.4 is 4.90 Å². The Kier molecular flexibility index (Phi) is 5.32. The zero-order valence-electron chi connectivity index (χ0n) is 16.8. The molecule has 2 saturated heterocycles. The Morgan fingerprint density at radius 1 is 1.19 bits per heavy atom. The van der Waals surface area contributed by atoms with Gasteiger partial charge < -0.3 is 19.5 Å². The van der Waals surface area contributed by atoms with Gasteiger partial charge in [-0.05, 0) is 43.2 Å². The molecule has 7 nitrogen and oxygen atoms in total. The van der Waals surface area contributed by atoms with Crippen molar-refractivity contribution < 1.29 is 23.8 Å². The molecular formula is C22H23ClFN3O4. The SMILES string of the molecule is O=C(O)c1ccc(C2OCC3(CO2)CC3C2CCN(c3ncc(Cl)cn3)CC2)cc1F. The van der Waals surface area contributed by atoms with Gasteiger partial charge in [-0.15, -0.1) is 0 Å². The number of benzene rings is 1. The number of piperidine rings is 1. The summed E-state index contributed by atoms with van der Waals surface area (Å²) in [4.78, 5) is 21.8. The van der Waals surface area contributed by atoms with Crippen molar-refractivity contribution >= 4 is 23.5 Å². The second kappa shape index (κ2) is 8.00. The van der Waals surface area contributed by atoms with Gasteiger partial charge in [0, 0.05) is 24.1 Å². The lowest BCUT2D eigenvalue weighted by Gasteiger charge is -2.35. The highest BCUT2D eigenvalue weighted by atomic mass is 35.5. The van der Waals surface area contributed by atoms with Gasteiger partial charge in [0.25, 0.3) is 0 Å². The molecule has 31 heavy (non-hydrogen) atoms. The van der Waals surface area contributed by atoms with Gasteiger partial charge in [0.1, 0.15) is 5.82 Å². The quantitative estimate of drug-likeness (QED) is 0.759. The van der Waals surface area contributed by atoms with E-state index in [9.17, 15) is 9.18 Å².